The number of aldehydes is 1. The van der Waals surface area contributed by atoms with E-state index < -0.39 is 0 Å². The van der Waals surface area contributed by atoms with Crippen molar-refractivity contribution in [1.29, 1.82) is 0 Å². The van der Waals surface area contributed by atoms with E-state index in [9.17, 15) is 4.79 Å². The number of nitrogens with one attached hydrogen (secondary N) is 1. The minimum absolute atomic E-state index is 0. The van der Waals surface area contributed by atoms with E-state index in [-0.39, 0.29) is 29.6 Å². The third-order valence-electron chi connectivity index (χ3n) is 1.98. The van der Waals surface area contributed by atoms with Gasteiger partial charge in [-0.05, 0) is 11.6 Å². The molecule has 0 aliphatic heterocycles. The average molecular weight is 183 g/mol. The fourth-order valence-electron chi connectivity index (χ4n) is 1.39. The molecule has 0 aliphatic carbocycles. The third kappa shape index (κ3) is 2.02. The third-order valence-corrected chi connectivity index (χ3v) is 1.98. The molecular formula is C10H10NNaO. The van der Waals surface area contributed by atoms with E-state index in [1.165, 1.54) is 0 Å². The zero-order chi connectivity index (χ0) is 8.39. The van der Waals surface area contributed by atoms with Gasteiger partial charge in [0.1, 0.15) is 6.29 Å². The van der Waals surface area contributed by atoms with Crippen molar-refractivity contribution in [3.8, 4) is 0 Å². The summed E-state index contributed by atoms with van der Waals surface area (Å²) in [5.41, 5.74) is 2.16. The molecule has 1 N–H and O–H groups in total. The minimum atomic E-state index is 0. The quantitative estimate of drug-likeness (QED) is 0.551. The van der Waals surface area contributed by atoms with Gasteiger partial charge in [0.25, 0.3) is 0 Å². The summed E-state index contributed by atoms with van der Waals surface area (Å²) in [7, 11) is 0. The second-order valence-electron chi connectivity index (χ2n) is 2.73. The maximum atomic E-state index is 10.3. The van der Waals surface area contributed by atoms with Gasteiger partial charge < -0.3 is 9.78 Å². The summed E-state index contributed by atoms with van der Waals surface area (Å²) in [6.07, 6.45) is 3.30. The van der Waals surface area contributed by atoms with Crippen molar-refractivity contribution in [2.45, 2.75) is 6.42 Å². The molecule has 0 aliphatic rings. The Kier molecular flexibility index (Phi) is 3.72. The molecule has 0 amide bonds. The van der Waals surface area contributed by atoms with E-state index in [2.05, 4.69) is 4.98 Å². The van der Waals surface area contributed by atoms with Gasteiger partial charge in [0.15, 0.2) is 0 Å². The first-order chi connectivity index (χ1) is 5.92. The van der Waals surface area contributed by atoms with Gasteiger partial charge in [-0.15, -0.1) is 0 Å². The van der Waals surface area contributed by atoms with E-state index in [1.54, 1.807) is 0 Å². The zero-order valence-corrected chi connectivity index (χ0v) is 6.58. The maximum absolute atomic E-state index is 10.3. The van der Waals surface area contributed by atoms with E-state index in [1.807, 2.05) is 30.5 Å². The molecule has 62 valence electrons. The molecule has 0 spiro atoms. The summed E-state index contributed by atoms with van der Waals surface area (Å²) in [5, 5.41) is 1.14. The molecule has 1 heterocycles. The molecule has 3 heteroatoms. The summed E-state index contributed by atoms with van der Waals surface area (Å²) in [5.74, 6) is 0. The van der Waals surface area contributed by atoms with Gasteiger partial charge in [-0.25, -0.2) is 0 Å². The van der Waals surface area contributed by atoms with Crippen LogP contribution in [0, 0.1) is 0 Å². The van der Waals surface area contributed by atoms with Gasteiger partial charge in [-0.1, -0.05) is 18.2 Å². The number of aromatic nitrogens is 1. The number of aromatic amines is 1. The number of benzene rings is 1. The molecule has 0 fully saturated rings. The molecule has 0 saturated carbocycles. The van der Waals surface area contributed by atoms with Gasteiger partial charge in [0.2, 0.25) is 0 Å². The summed E-state index contributed by atoms with van der Waals surface area (Å²) >= 11 is 0. The fourth-order valence-corrected chi connectivity index (χ4v) is 1.39. The van der Waals surface area contributed by atoms with Gasteiger partial charge in [-0.2, -0.15) is 0 Å². The Bertz CT molecular complexity index is 408. The van der Waals surface area contributed by atoms with Crippen LogP contribution in [0.5, 0.6) is 0 Å². The van der Waals surface area contributed by atoms with Crippen LogP contribution in [-0.2, 0) is 11.2 Å². The first kappa shape index (κ1) is 10.5. The van der Waals surface area contributed by atoms with Crippen LogP contribution < -0.4 is 0 Å². The van der Waals surface area contributed by atoms with Crippen LogP contribution in [-0.4, -0.2) is 40.8 Å². The van der Waals surface area contributed by atoms with Crippen LogP contribution in [0.25, 0.3) is 10.9 Å². The number of H-pyrrole nitrogens is 1. The number of para-hydroxylation sites is 1. The van der Waals surface area contributed by atoms with Crippen molar-refractivity contribution >= 4 is 46.7 Å². The fraction of sp³-hybridized carbons (Fsp3) is 0.100. The van der Waals surface area contributed by atoms with Crippen LogP contribution in [0.3, 0.4) is 0 Å². The molecule has 0 unspecified atom stereocenters. The van der Waals surface area contributed by atoms with E-state index in [4.69, 9.17) is 0 Å². The molecular weight excluding hydrogens is 173 g/mol. The summed E-state index contributed by atoms with van der Waals surface area (Å²) < 4.78 is 0. The van der Waals surface area contributed by atoms with Crippen LogP contribution in [0.15, 0.2) is 30.5 Å². The van der Waals surface area contributed by atoms with Crippen LogP contribution in [0.4, 0.5) is 0 Å². The molecule has 0 bridgehead atoms. The van der Waals surface area contributed by atoms with Crippen molar-refractivity contribution < 1.29 is 4.79 Å². The molecule has 0 atom stereocenters. The Labute approximate surface area is 98.6 Å². The molecule has 0 saturated heterocycles. The van der Waals surface area contributed by atoms with Crippen molar-refractivity contribution in [2.75, 3.05) is 0 Å². The average Bonchev–Trinajstić information content (AvgIpc) is 2.50. The molecule has 2 aromatic rings. The Balaban J connectivity index is 0.000000845. The van der Waals surface area contributed by atoms with Crippen molar-refractivity contribution in [3.63, 3.8) is 0 Å². The van der Waals surface area contributed by atoms with E-state index in [0.717, 1.165) is 22.8 Å². The second-order valence-corrected chi connectivity index (χ2v) is 2.73. The van der Waals surface area contributed by atoms with Gasteiger partial charge >= 0.3 is 29.6 Å². The Morgan fingerprint density at radius 3 is 2.85 bits per heavy atom. The van der Waals surface area contributed by atoms with Gasteiger partial charge in [0, 0.05) is 23.5 Å². The Morgan fingerprint density at radius 1 is 1.31 bits per heavy atom. The van der Waals surface area contributed by atoms with E-state index in [0.29, 0.717) is 6.42 Å². The predicted molar refractivity (Wildman–Crippen MR) is 55.2 cm³/mol. The molecule has 2 nitrogen and oxygen atoms in total. The normalized spacial score (nSPS) is 9.54. The first-order valence-corrected chi connectivity index (χ1v) is 3.90. The van der Waals surface area contributed by atoms with Crippen LogP contribution >= 0.6 is 0 Å². The number of fused-ring (bicyclic) bond motifs is 1. The van der Waals surface area contributed by atoms with Gasteiger partial charge in [0.05, 0.1) is 0 Å². The number of rotatable bonds is 2. The van der Waals surface area contributed by atoms with Crippen molar-refractivity contribution in [3.05, 3.63) is 36.0 Å². The Morgan fingerprint density at radius 2 is 2.08 bits per heavy atom. The second kappa shape index (κ2) is 4.61. The SMILES string of the molecule is O=CCc1c[nH]c2ccccc12.[NaH]. The standard InChI is InChI=1S/C10H9NO.Na.H/c12-6-5-8-7-11-10-4-2-1-3-9(8)10;;/h1-4,6-7,11H,5H2;;. The molecule has 2 rings (SSSR count). The first-order valence-electron chi connectivity index (χ1n) is 3.90. The summed E-state index contributed by atoms with van der Waals surface area (Å²) in [6.45, 7) is 0. The summed E-state index contributed by atoms with van der Waals surface area (Å²) in [4.78, 5) is 13.4. The van der Waals surface area contributed by atoms with Crippen LogP contribution in [0.1, 0.15) is 5.56 Å². The van der Waals surface area contributed by atoms with E-state index >= 15 is 0 Å². The topological polar surface area (TPSA) is 32.9 Å². The predicted octanol–water partition coefficient (Wildman–Crippen LogP) is 1.26. The molecule has 1 aromatic heterocycles. The van der Waals surface area contributed by atoms with Crippen molar-refractivity contribution in [2.24, 2.45) is 0 Å². The van der Waals surface area contributed by atoms with Crippen LogP contribution in [0.2, 0.25) is 0 Å². The number of hydrogen-bond acceptors (Lipinski definition) is 1. The molecule has 1 aromatic carbocycles. The monoisotopic (exact) mass is 183 g/mol. The van der Waals surface area contributed by atoms with Crippen molar-refractivity contribution in [1.82, 2.24) is 4.98 Å². The summed E-state index contributed by atoms with van der Waals surface area (Å²) in [6, 6.07) is 7.97. The number of hydrogen-bond donors (Lipinski definition) is 1. The zero-order valence-electron chi connectivity index (χ0n) is 6.58. The number of carbonyl (C=O) groups is 1. The molecule has 0 radical (unpaired) electrons. The van der Waals surface area contributed by atoms with Gasteiger partial charge in [-0.3, -0.25) is 0 Å². The molecule has 13 heavy (non-hydrogen) atoms. The number of carbonyl (C=O) groups excluding carboxylic acids is 1. The Hall–Kier alpha value is -0.570.